The molecule has 0 radical (unpaired) electrons. The molecule has 1 aromatic rings. The molecule has 8 nitrogen and oxygen atoms in total. The fourth-order valence-corrected chi connectivity index (χ4v) is 3.16. The summed E-state index contributed by atoms with van der Waals surface area (Å²) in [6.45, 7) is 5.45. The maximum atomic E-state index is 12.2. The van der Waals surface area contributed by atoms with Gasteiger partial charge in [0.25, 0.3) is 0 Å². The van der Waals surface area contributed by atoms with E-state index in [1.54, 1.807) is 13.8 Å². The molecule has 0 fully saturated rings. The molecule has 0 unspecified atom stereocenters. The van der Waals surface area contributed by atoms with Crippen LogP contribution in [-0.2, 0) is 21.4 Å². The lowest BCUT2D eigenvalue weighted by molar-refractivity contribution is -0.119. The van der Waals surface area contributed by atoms with Gasteiger partial charge in [-0.3, -0.25) is 9.48 Å². The number of nitrogens with two attached hydrogens (primary N) is 2. The van der Waals surface area contributed by atoms with Crippen molar-refractivity contribution in [3.05, 3.63) is 6.20 Å². The molecule has 0 aliphatic carbocycles. The lowest BCUT2D eigenvalue weighted by atomic mass is 10.0. The van der Waals surface area contributed by atoms with E-state index in [0.29, 0.717) is 6.54 Å². The zero-order valence-electron chi connectivity index (χ0n) is 11.2. The lowest BCUT2D eigenvalue weighted by Gasteiger charge is -2.23. The Morgan fingerprint density at radius 2 is 2.11 bits per heavy atom. The van der Waals surface area contributed by atoms with Gasteiger partial charge in [-0.25, -0.2) is 13.1 Å². The average Bonchev–Trinajstić information content (AvgIpc) is 2.56. The molecule has 5 N–H and O–H groups in total. The first-order chi connectivity index (χ1) is 8.57. The zero-order chi connectivity index (χ0) is 14.8. The average molecular weight is 289 g/mol. The molecular formula is C10H19N5O3S. The van der Waals surface area contributed by atoms with Gasteiger partial charge in [-0.2, -0.15) is 5.10 Å². The molecule has 0 spiro atoms. The highest BCUT2D eigenvalue weighted by molar-refractivity contribution is 7.89. The number of hydrogen-bond acceptors (Lipinski definition) is 5. The summed E-state index contributed by atoms with van der Waals surface area (Å²) in [4.78, 5) is 10.8. The van der Waals surface area contributed by atoms with Gasteiger partial charge in [-0.15, -0.1) is 0 Å². The summed E-state index contributed by atoms with van der Waals surface area (Å²) < 4.78 is 28.2. The van der Waals surface area contributed by atoms with Crippen molar-refractivity contribution in [2.24, 2.45) is 5.73 Å². The summed E-state index contributed by atoms with van der Waals surface area (Å²) in [5, 5.41) is 3.87. The number of amides is 1. The van der Waals surface area contributed by atoms with Crippen LogP contribution in [0.15, 0.2) is 11.1 Å². The Hall–Kier alpha value is -1.61. The minimum Gasteiger partial charge on any atom is -0.381 e. The number of nitrogens with one attached hydrogen (secondary N) is 1. The number of sulfonamides is 1. The Labute approximate surface area is 112 Å². The van der Waals surface area contributed by atoms with E-state index in [9.17, 15) is 13.2 Å². The van der Waals surface area contributed by atoms with Crippen LogP contribution in [0.5, 0.6) is 0 Å². The second kappa shape index (κ2) is 5.17. The number of hydrogen-bond donors (Lipinski definition) is 3. The standard InChI is InChI=1S/C10H19N5O3S/c1-4-15-6-7(9(12)13-15)19(17,18)14-10(2,3)5-8(11)16/h6,14H,4-5H2,1-3H3,(H2,11,16)(H2,12,13). The molecule has 108 valence electrons. The molecule has 0 bridgehead atoms. The van der Waals surface area contributed by atoms with E-state index in [4.69, 9.17) is 11.5 Å². The van der Waals surface area contributed by atoms with Gasteiger partial charge in [-0.1, -0.05) is 0 Å². The summed E-state index contributed by atoms with van der Waals surface area (Å²) in [5.74, 6) is -0.672. The van der Waals surface area contributed by atoms with Gasteiger partial charge in [0, 0.05) is 24.7 Å². The Kier molecular flexibility index (Phi) is 4.21. The van der Waals surface area contributed by atoms with Crippen molar-refractivity contribution >= 4 is 21.7 Å². The summed E-state index contributed by atoms with van der Waals surface area (Å²) in [7, 11) is -3.85. The van der Waals surface area contributed by atoms with E-state index in [0.717, 1.165) is 0 Å². The monoisotopic (exact) mass is 289 g/mol. The normalized spacial score (nSPS) is 12.6. The Balaban J connectivity index is 3.04. The van der Waals surface area contributed by atoms with E-state index in [1.165, 1.54) is 10.9 Å². The highest BCUT2D eigenvalue weighted by Gasteiger charge is 2.30. The fourth-order valence-electron chi connectivity index (χ4n) is 1.68. The van der Waals surface area contributed by atoms with Crippen molar-refractivity contribution in [2.75, 3.05) is 5.73 Å². The first-order valence-corrected chi connectivity index (χ1v) is 7.21. The van der Waals surface area contributed by atoms with E-state index >= 15 is 0 Å². The summed E-state index contributed by atoms with van der Waals surface area (Å²) in [6, 6.07) is 0. The number of carbonyl (C=O) groups is 1. The second-order valence-electron chi connectivity index (χ2n) is 4.87. The molecule has 1 rings (SSSR count). The van der Waals surface area contributed by atoms with Crippen molar-refractivity contribution < 1.29 is 13.2 Å². The third-order valence-corrected chi connectivity index (χ3v) is 4.11. The smallest absolute Gasteiger partial charge is 0.246 e. The van der Waals surface area contributed by atoms with Crippen molar-refractivity contribution in [3.8, 4) is 0 Å². The fraction of sp³-hybridized carbons (Fsp3) is 0.600. The number of aryl methyl sites for hydroxylation is 1. The van der Waals surface area contributed by atoms with Gasteiger partial charge >= 0.3 is 0 Å². The van der Waals surface area contributed by atoms with Gasteiger partial charge < -0.3 is 11.5 Å². The van der Waals surface area contributed by atoms with Crippen LogP contribution in [0.25, 0.3) is 0 Å². The van der Waals surface area contributed by atoms with Crippen LogP contribution in [0.4, 0.5) is 5.82 Å². The molecule has 0 aromatic carbocycles. The van der Waals surface area contributed by atoms with Crippen molar-refractivity contribution in [1.29, 1.82) is 0 Å². The SMILES string of the molecule is CCn1cc(S(=O)(=O)NC(C)(C)CC(N)=O)c(N)n1. The minimum absolute atomic E-state index is 0.0794. The summed E-state index contributed by atoms with van der Waals surface area (Å²) in [5.41, 5.74) is 9.66. The third-order valence-electron chi connectivity index (χ3n) is 2.40. The topological polar surface area (TPSA) is 133 Å². The van der Waals surface area contributed by atoms with Crippen molar-refractivity contribution in [3.63, 3.8) is 0 Å². The van der Waals surface area contributed by atoms with E-state index in [2.05, 4.69) is 9.82 Å². The summed E-state index contributed by atoms with van der Waals surface area (Å²) >= 11 is 0. The van der Waals surface area contributed by atoms with Gasteiger partial charge in [0.05, 0.1) is 0 Å². The van der Waals surface area contributed by atoms with Crippen molar-refractivity contribution in [1.82, 2.24) is 14.5 Å². The Bertz CT molecular complexity index is 576. The molecule has 0 aliphatic rings. The molecular weight excluding hydrogens is 270 g/mol. The number of carbonyl (C=O) groups excluding carboxylic acids is 1. The second-order valence-corrected chi connectivity index (χ2v) is 6.52. The predicted molar refractivity (Wildman–Crippen MR) is 70.5 cm³/mol. The van der Waals surface area contributed by atoms with Crippen LogP contribution in [0, 0.1) is 0 Å². The molecule has 9 heteroatoms. The van der Waals surface area contributed by atoms with E-state index in [1.807, 2.05) is 6.92 Å². The Morgan fingerprint density at radius 3 is 2.53 bits per heavy atom. The van der Waals surface area contributed by atoms with Crippen LogP contribution in [0.3, 0.4) is 0 Å². The largest absolute Gasteiger partial charge is 0.381 e. The number of nitrogens with zero attached hydrogens (tertiary/aromatic N) is 2. The predicted octanol–water partition coefficient (Wildman–Crippen LogP) is -0.582. The molecule has 0 atom stereocenters. The molecule has 1 aromatic heterocycles. The number of nitrogen functional groups attached to an aromatic ring is 1. The molecule has 0 aliphatic heterocycles. The first kappa shape index (κ1) is 15.4. The first-order valence-electron chi connectivity index (χ1n) is 5.72. The molecule has 1 heterocycles. The van der Waals surface area contributed by atoms with Crippen LogP contribution < -0.4 is 16.2 Å². The lowest BCUT2D eigenvalue weighted by Crippen LogP contribution is -2.45. The van der Waals surface area contributed by atoms with Gasteiger partial charge in [0.1, 0.15) is 4.90 Å². The highest BCUT2D eigenvalue weighted by atomic mass is 32.2. The maximum absolute atomic E-state index is 12.2. The molecule has 0 saturated heterocycles. The van der Waals surface area contributed by atoms with Gasteiger partial charge in [0.2, 0.25) is 15.9 Å². The van der Waals surface area contributed by atoms with Crippen LogP contribution in [0.2, 0.25) is 0 Å². The highest BCUT2D eigenvalue weighted by Crippen LogP contribution is 2.19. The van der Waals surface area contributed by atoms with Crippen LogP contribution in [-0.4, -0.2) is 29.6 Å². The minimum atomic E-state index is -3.85. The van der Waals surface area contributed by atoms with E-state index in [-0.39, 0.29) is 17.1 Å². The molecule has 19 heavy (non-hydrogen) atoms. The Morgan fingerprint density at radius 1 is 1.53 bits per heavy atom. The van der Waals surface area contributed by atoms with Crippen LogP contribution in [0.1, 0.15) is 27.2 Å². The van der Waals surface area contributed by atoms with Crippen molar-refractivity contribution in [2.45, 2.75) is 44.2 Å². The number of primary amides is 1. The van der Waals surface area contributed by atoms with Gasteiger partial charge in [-0.05, 0) is 20.8 Å². The number of anilines is 1. The summed E-state index contributed by atoms with van der Waals surface area (Å²) in [6.07, 6.45) is 1.23. The maximum Gasteiger partial charge on any atom is 0.246 e. The van der Waals surface area contributed by atoms with Gasteiger partial charge in [0.15, 0.2) is 5.82 Å². The zero-order valence-corrected chi connectivity index (χ0v) is 12.0. The molecule has 0 saturated carbocycles. The number of aromatic nitrogens is 2. The quantitative estimate of drug-likeness (QED) is 0.644. The van der Waals surface area contributed by atoms with Crippen LogP contribution >= 0.6 is 0 Å². The third kappa shape index (κ3) is 3.93. The van der Waals surface area contributed by atoms with E-state index < -0.39 is 21.5 Å². The molecule has 1 amide bonds. The number of rotatable bonds is 6.